The first-order chi connectivity index (χ1) is 19.7. The normalized spacial score (nSPS) is 21.3. The molecule has 1 N–H and O–H groups in total. The van der Waals surface area contributed by atoms with Gasteiger partial charge in [-0.15, -0.1) is 11.3 Å². The summed E-state index contributed by atoms with van der Waals surface area (Å²) in [6.45, 7) is 10.2. The standard InChI is InChI=1S/C31H37F3N2O4S2/c1-6-42(38,39)25-13-9-22(10-14-25)27(20(4)40-5)35-30(37)26-17-23-18-36(28(19(2)3)29(23)41-26)16-15-21-7-11-24(12-8-21)31(32,33)34/h9-10,13-14,17,19,21,24,27-28H,4,6-8,11-12,18H2,1-3,5H3,(H,35,37)/t21-,24-,27-,28?/m0/s1. The van der Waals surface area contributed by atoms with Crippen LogP contribution in [0.1, 0.15) is 84.2 Å². The van der Waals surface area contributed by atoms with Crippen LogP contribution >= 0.6 is 11.3 Å². The largest absolute Gasteiger partial charge is 0.499 e. The van der Waals surface area contributed by atoms with Gasteiger partial charge in [0.05, 0.1) is 41.1 Å². The molecule has 11 heteroatoms. The number of hydrogen-bond donors (Lipinski definition) is 1. The van der Waals surface area contributed by atoms with E-state index in [1.165, 1.54) is 30.6 Å². The van der Waals surface area contributed by atoms with E-state index >= 15 is 0 Å². The third-order valence-corrected chi connectivity index (χ3v) is 11.1. The van der Waals surface area contributed by atoms with Gasteiger partial charge >= 0.3 is 6.18 Å². The fourth-order valence-electron chi connectivity index (χ4n) is 5.57. The fraction of sp³-hybridized carbons (Fsp3) is 0.516. The van der Waals surface area contributed by atoms with Gasteiger partial charge in [0.25, 0.3) is 5.91 Å². The average molecular weight is 623 g/mol. The van der Waals surface area contributed by atoms with Crippen LogP contribution in [-0.4, -0.2) is 38.3 Å². The Morgan fingerprint density at radius 1 is 1.19 bits per heavy atom. The van der Waals surface area contributed by atoms with E-state index in [1.54, 1.807) is 19.1 Å². The number of fused-ring (bicyclic) bond motifs is 1. The molecule has 6 nitrogen and oxygen atoms in total. The van der Waals surface area contributed by atoms with E-state index in [2.05, 4.69) is 37.7 Å². The molecular weight excluding hydrogens is 585 g/mol. The number of hydrogen-bond acceptors (Lipinski definition) is 6. The second kappa shape index (κ2) is 12.7. The van der Waals surface area contributed by atoms with Crippen LogP contribution in [0.2, 0.25) is 0 Å². The lowest BCUT2D eigenvalue weighted by Crippen LogP contribution is -2.29. The Balaban J connectivity index is 1.47. The number of thiophene rings is 1. The lowest BCUT2D eigenvalue weighted by atomic mass is 9.82. The summed E-state index contributed by atoms with van der Waals surface area (Å²) < 4.78 is 68.8. The molecule has 228 valence electrons. The molecule has 1 fully saturated rings. The minimum absolute atomic E-state index is 0.0102. The molecule has 1 amide bonds. The summed E-state index contributed by atoms with van der Waals surface area (Å²) in [5.74, 6) is 2.17. The maximum atomic E-state index is 13.4. The van der Waals surface area contributed by atoms with Crippen LogP contribution in [0.3, 0.4) is 0 Å². The molecular formula is C31H37F3N2O4S2. The van der Waals surface area contributed by atoms with Crippen molar-refractivity contribution in [2.75, 3.05) is 12.9 Å². The van der Waals surface area contributed by atoms with Crippen LogP contribution in [0.4, 0.5) is 13.2 Å². The molecule has 1 aromatic heterocycles. The number of amides is 1. The number of alkyl halides is 3. The number of nitrogens with one attached hydrogen (secondary N) is 1. The highest BCUT2D eigenvalue weighted by Gasteiger charge is 2.41. The highest BCUT2D eigenvalue weighted by Crippen LogP contribution is 2.44. The molecule has 0 bridgehead atoms. The SMILES string of the molecule is C=C(OC)[C@H](NC(=O)c1cc2c(s1)C(C(C)C)N(C#C[C@H]1CC[C@H](C(F)(F)F)CC1)C2)c1ccc(S(=O)(=O)CC)cc1. The Hall–Kier alpha value is -2.97. The maximum Gasteiger partial charge on any atom is 0.391 e. The van der Waals surface area contributed by atoms with Gasteiger partial charge < -0.3 is 15.0 Å². The summed E-state index contributed by atoms with van der Waals surface area (Å²) in [6.07, 6.45) is -2.97. The van der Waals surface area contributed by atoms with Crippen molar-refractivity contribution in [1.82, 2.24) is 10.2 Å². The molecule has 1 unspecified atom stereocenters. The predicted octanol–water partition coefficient (Wildman–Crippen LogP) is 7.02. The van der Waals surface area contributed by atoms with E-state index in [0.717, 1.165) is 10.4 Å². The summed E-state index contributed by atoms with van der Waals surface area (Å²) in [6, 6.07) is 10.7. The number of methoxy groups -OCH3 is 1. The van der Waals surface area contributed by atoms with E-state index < -0.39 is 28.0 Å². The number of carbonyl (C=O) groups is 1. The molecule has 4 rings (SSSR count). The number of ether oxygens (including phenoxy) is 1. The van der Waals surface area contributed by atoms with Crippen LogP contribution in [-0.2, 0) is 21.1 Å². The Morgan fingerprint density at radius 2 is 1.83 bits per heavy atom. The van der Waals surface area contributed by atoms with Crippen molar-refractivity contribution in [2.45, 2.75) is 76.2 Å². The van der Waals surface area contributed by atoms with Crippen molar-refractivity contribution in [3.63, 3.8) is 0 Å². The van der Waals surface area contributed by atoms with Gasteiger partial charge in [-0.1, -0.05) is 45.4 Å². The number of carbonyl (C=O) groups excluding carboxylic acids is 1. The molecule has 2 aromatic rings. The van der Waals surface area contributed by atoms with Crippen molar-refractivity contribution in [3.05, 3.63) is 63.6 Å². The summed E-state index contributed by atoms with van der Waals surface area (Å²) in [5, 5.41) is 2.97. The highest BCUT2D eigenvalue weighted by molar-refractivity contribution is 7.91. The van der Waals surface area contributed by atoms with Crippen molar-refractivity contribution in [3.8, 4) is 12.0 Å². The zero-order valence-electron chi connectivity index (χ0n) is 24.3. The first kappa shape index (κ1) is 32.0. The zero-order valence-corrected chi connectivity index (χ0v) is 25.9. The minimum Gasteiger partial charge on any atom is -0.499 e. The monoisotopic (exact) mass is 622 g/mol. The summed E-state index contributed by atoms with van der Waals surface area (Å²) in [4.78, 5) is 17.2. The fourth-order valence-corrected chi connectivity index (χ4v) is 7.82. The summed E-state index contributed by atoms with van der Waals surface area (Å²) in [7, 11) is -1.90. The molecule has 1 aliphatic heterocycles. The summed E-state index contributed by atoms with van der Waals surface area (Å²) in [5.41, 5.74) is 1.65. The van der Waals surface area contributed by atoms with Crippen molar-refractivity contribution in [2.24, 2.45) is 17.8 Å². The minimum atomic E-state index is -4.13. The second-order valence-electron chi connectivity index (χ2n) is 11.2. The van der Waals surface area contributed by atoms with Gasteiger partial charge in [-0.25, -0.2) is 8.42 Å². The lowest BCUT2D eigenvalue weighted by Gasteiger charge is -2.28. The van der Waals surface area contributed by atoms with Gasteiger partial charge in [-0.3, -0.25) is 4.79 Å². The maximum absolute atomic E-state index is 13.4. The molecule has 1 aromatic carbocycles. The van der Waals surface area contributed by atoms with Crippen LogP contribution in [0.5, 0.6) is 0 Å². The summed E-state index contributed by atoms with van der Waals surface area (Å²) >= 11 is 1.40. The second-order valence-corrected chi connectivity index (χ2v) is 14.6. The topological polar surface area (TPSA) is 75.7 Å². The van der Waals surface area contributed by atoms with Gasteiger partial charge in [0, 0.05) is 16.8 Å². The van der Waals surface area contributed by atoms with Gasteiger partial charge in [-0.2, -0.15) is 13.2 Å². The first-order valence-corrected chi connectivity index (χ1v) is 16.6. The van der Waals surface area contributed by atoms with Crippen molar-refractivity contribution >= 4 is 27.1 Å². The molecule has 1 saturated carbocycles. The molecule has 0 spiro atoms. The smallest absolute Gasteiger partial charge is 0.391 e. The molecule has 2 aliphatic rings. The molecule has 0 radical (unpaired) electrons. The zero-order chi connectivity index (χ0) is 30.8. The third kappa shape index (κ3) is 6.97. The van der Waals surface area contributed by atoms with E-state index in [1.807, 2.05) is 11.0 Å². The van der Waals surface area contributed by atoms with Crippen LogP contribution in [0.25, 0.3) is 0 Å². The number of nitrogens with zero attached hydrogens (tertiary/aromatic N) is 1. The third-order valence-electron chi connectivity index (χ3n) is 8.06. The Bertz CT molecular complexity index is 1460. The van der Waals surface area contributed by atoms with E-state index in [4.69, 9.17) is 4.74 Å². The van der Waals surface area contributed by atoms with Crippen molar-refractivity contribution < 1.29 is 31.1 Å². The predicted molar refractivity (Wildman–Crippen MR) is 157 cm³/mol. The highest BCUT2D eigenvalue weighted by atomic mass is 32.2. The Kier molecular flexibility index (Phi) is 9.68. The van der Waals surface area contributed by atoms with Crippen LogP contribution < -0.4 is 5.32 Å². The lowest BCUT2D eigenvalue weighted by molar-refractivity contribution is -0.183. The van der Waals surface area contributed by atoms with Gasteiger partial charge in [0.15, 0.2) is 9.84 Å². The number of rotatable bonds is 8. The number of sulfone groups is 1. The molecule has 0 saturated heterocycles. The Morgan fingerprint density at radius 3 is 2.38 bits per heavy atom. The van der Waals surface area contributed by atoms with Crippen LogP contribution in [0.15, 0.2) is 47.6 Å². The van der Waals surface area contributed by atoms with E-state index in [-0.39, 0.29) is 47.3 Å². The molecule has 2 atom stereocenters. The van der Waals surface area contributed by atoms with Crippen LogP contribution in [0, 0.1) is 29.7 Å². The van der Waals surface area contributed by atoms with Gasteiger partial charge in [-0.05, 0) is 60.9 Å². The number of benzene rings is 1. The molecule has 1 aliphatic carbocycles. The number of halogens is 3. The molecule has 42 heavy (non-hydrogen) atoms. The van der Waals surface area contributed by atoms with Crippen molar-refractivity contribution in [1.29, 1.82) is 0 Å². The first-order valence-electron chi connectivity index (χ1n) is 14.1. The quantitative estimate of drug-likeness (QED) is 0.253. The Labute approximate surface area is 250 Å². The molecule has 2 heterocycles. The van der Waals surface area contributed by atoms with E-state index in [0.29, 0.717) is 35.6 Å². The van der Waals surface area contributed by atoms with E-state index in [9.17, 15) is 26.4 Å². The van der Waals surface area contributed by atoms with Gasteiger partial charge in [0.2, 0.25) is 0 Å². The average Bonchev–Trinajstić information content (AvgIpc) is 3.52. The van der Waals surface area contributed by atoms with Gasteiger partial charge in [0.1, 0.15) is 11.8 Å².